The van der Waals surface area contributed by atoms with Gasteiger partial charge >= 0.3 is 0 Å². The van der Waals surface area contributed by atoms with Crippen LogP contribution in [0.3, 0.4) is 0 Å². The van der Waals surface area contributed by atoms with Gasteiger partial charge in [-0.15, -0.1) is 0 Å². The molecule has 2 aromatic rings. The summed E-state index contributed by atoms with van der Waals surface area (Å²) in [5, 5.41) is 2.71. The van der Waals surface area contributed by atoms with Gasteiger partial charge in [-0.2, -0.15) is 0 Å². The number of ether oxygens (including phenoxy) is 1. The SMILES string of the molecule is CC(C)Oc1ccccc1N(CC(=O)NCc1cccnc1)S(C)(=O)=O. The van der Waals surface area contributed by atoms with Crippen LogP contribution < -0.4 is 14.4 Å². The molecule has 0 aliphatic heterocycles. The minimum Gasteiger partial charge on any atom is -0.489 e. The lowest BCUT2D eigenvalue weighted by atomic mass is 10.2. The molecule has 0 atom stereocenters. The van der Waals surface area contributed by atoms with Crippen molar-refractivity contribution in [2.45, 2.75) is 26.5 Å². The van der Waals surface area contributed by atoms with E-state index in [-0.39, 0.29) is 19.2 Å². The molecule has 8 heteroatoms. The van der Waals surface area contributed by atoms with Gasteiger partial charge in [0.2, 0.25) is 15.9 Å². The molecule has 7 nitrogen and oxygen atoms in total. The number of nitrogens with zero attached hydrogens (tertiary/aromatic N) is 2. The van der Waals surface area contributed by atoms with Gasteiger partial charge in [0.25, 0.3) is 0 Å². The molecule has 26 heavy (non-hydrogen) atoms. The van der Waals surface area contributed by atoms with Gasteiger partial charge in [0.05, 0.1) is 18.0 Å². The lowest BCUT2D eigenvalue weighted by molar-refractivity contribution is -0.119. The average Bonchev–Trinajstić information content (AvgIpc) is 2.58. The average molecular weight is 377 g/mol. The number of rotatable bonds is 8. The monoisotopic (exact) mass is 377 g/mol. The van der Waals surface area contributed by atoms with Crippen LogP contribution in [0.5, 0.6) is 5.75 Å². The number of hydrogen-bond acceptors (Lipinski definition) is 5. The normalized spacial score (nSPS) is 11.2. The summed E-state index contributed by atoms with van der Waals surface area (Å²) in [5.41, 5.74) is 1.16. The van der Waals surface area contributed by atoms with E-state index in [9.17, 15) is 13.2 Å². The molecule has 0 spiro atoms. The van der Waals surface area contributed by atoms with Crippen LogP contribution >= 0.6 is 0 Å². The van der Waals surface area contributed by atoms with Crippen LogP contribution in [0.25, 0.3) is 0 Å². The van der Waals surface area contributed by atoms with Crippen molar-refractivity contribution in [1.29, 1.82) is 0 Å². The molecule has 1 N–H and O–H groups in total. The summed E-state index contributed by atoms with van der Waals surface area (Å²) >= 11 is 0. The van der Waals surface area contributed by atoms with E-state index in [4.69, 9.17) is 4.74 Å². The smallest absolute Gasteiger partial charge is 0.241 e. The third kappa shape index (κ3) is 5.73. The highest BCUT2D eigenvalue weighted by atomic mass is 32.2. The number of carbonyl (C=O) groups is 1. The Morgan fingerprint density at radius 2 is 1.96 bits per heavy atom. The molecule has 1 aromatic carbocycles. The third-order valence-corrected chi connectivity index (χ3v) is 4.52. The first-order chi connectivity index (χ1) is 12.3. The van der Waals surface area contributed by atoms with Gasteiger partial charge in [0.15, 0.2) is 0 Å². The summed E-state index contributed by atoms with van der Waals surface area (Å²) in [6.07, 6.45) is 4.22. The Morgan fingerprint density at radius 3 is 2.58 bits per heavy atom. The van der Waals surface area contributed by atoms with Crippen LogP contribution in [0, 0.1) is 0 Å². The molecular weight excluding hydrogens is 354 g/mol. The molecule has 0 saturated carbocycles. The van der Waals surface area contributed by atoms with Crippen molar-refractivity contribution in [3.8, 4) is 5.75 Å². The van der Waals surface area contributed by atoms with Crippen molar-refractivity contribution in [3.05, 3.63) is 54.4 Å². The number of sulfonamides is 1. The summed E-state index contributed by atoms with van der Waals surface area (Å²) in [5.74, 6) is -0.00777. The fraction of sp³-hybridized carbons (Fsp3) is 0.333. The zero-order valence-electron chi connectivity index (χ0n) is 15.0. The van der Waals surface area contributed by atoms with E-state index < -0.39 is 15.9 Å². The van der Waals surface area contributed by atoms with E-state index in [0.717, 1.165) is 16.1 Å². The molecule has 1 heterocycles. The van der Waals surface area contributed by atoms with Crippen LogP contribution in [-0.2, 0) is 21.4 Å². The molecule has 0 fully saturated rings. The Morgan fingerprint density at radius 1 is 1.23 bits per heavy atom. The summed E-state index contributed by atoms with van der Waals surface area (Å²) in [7, 11) is -3.67. The summed E-state index contributed by atoms with van der Waals surface area (Å²) in [4.78, 5) is 16.3. The molecule has 140 valence electrons. The molecule has 1 amide bonds. The van der Waals surface area contributed by atoms with Crippen molar-refractivity contribution in [1.82, 2.24) is 10.3 Å². The third-order valence-electron chi connectivity index (χ3n) is 3.40. The zero-order chi connectivity index (χ0) is 19.2. The van der Waals surface area contributed by atoms with Gasteiger partial charge in [-0.25, -0.2) is 8.42 Å². The fourth-order valence-electron chi connectivity index (χ4n) is 2.29. The van der Waals surface area contributed by atoms with Gasteiger partial charge in [0, 0.05) is 18.9 Å². The maximum Gasteiger partial charge on any atom is 0.241 e. The molecule has 0 aliphatic carbocycles. The largest absolute Gasteiger partial charge is 0.489 e. The van der Waals surface area contributed by atoms with Crippen LogP contribution in [-0.4, -0.2) is 38.2 Å². The van der Waals surface area contributed by atoms with Crippen LogP contribution in [0.2, 0.25) is 0 Å². The van der Waals surface area contributed by atoms with Crippen molar-refractivity contribution >= 4 is 21.6 Å². The lowest BCUT2D eigenvalue weighted by Crippen LogP contribution is -2.40. The number of anilines is 1. The Labute approximate surface area is 154 Å². The summed E-state index contributed by atoms with van der Waals surface area (Å²) < 4.78 is 31.3. The quantitative estimate of drug-likeness (QED) is 0.760. The molecule has 2 rings (SSSR count). The number of benzene rings is 1. The van der Waals surface area contributed by atoms with E-state index in [2.05, 4.69) is 10.3 Å². The van der Waals surface area contributed by atoms with E-state index in [1.54, 1.807) is 42.7 Å². The Bertz CT molecular complexity index is 839. The lowest BCUT2D eigenvalue weighted by Gasteiger charge is -2.25. The second-order valence-electron chi connectivity index (χ2n) is 6.04. The Kier molecular flexibility index (Phi) is 6.57. The standard InChI is InChI=1S/C18H23N3O4S/c1-14(2)25-17-9-5-4-8-16(17)21(26(3,23)24)13-18(22)20-12-15-7-6-10-19-11-15/h4-11,14H,12-13H2,1-3H3,(H,20,22). The number of aromatic nitrogens is 1. The molecule has 0 unspecified atom stereocenters. The van der Waals surface area contributed by atoms with Crippen molar-refractivity contribution < 1.29 is 17.9 Å². The van der Waals surface area contributed by atoms with Crippen molar-refractivity contribution in [3.63, 3.8) is 0 Å². The Balaban J connectivity index is 2.17. The van der Waals surface area contributed by atoms with Gasteiger partial charge in [0.1, 0.15) is 12.3 Å². The first kappa shape index (κ1) is 19.7. The number of carbonyl (C=O) groups excluding carboxylic acids is 1. The predicted octanol–water partition coefficient (Wildman–Crippen LogP) is 1.95. The van der Waals surface area contributed by atoms with Gasteiger partial charge in [-0.3, -0.25) is 14.1 Å². The van der Waals surface area contributed by atoms with E-state index in [1.165, 1.54) is 0 Å². The van der Waals surface area contributed by atoms with Crippen LogP contribution in [0.4, 0.5) is 5.69 Å². The summed E-state index contributed by atoms with van der Waals surface area (Å²) in [6.45, 7) is 3.64. The van der Waals surface area contributed by atoms with Crippen molar-refractivity contribution in [2.24, 2.45) is 0 Å². The van der Waals surface area contributed by atoms with Crippen LogP contribution in [0.15, 0.2) is 48.8 Å². The minimum absolute atomic E-state index is 0.128. The zero-order valence-corrected chi connectivity index (χ0v) is 15.9. The van der Waals surface area contributed by atoms with Gasteiger partial charge in [-0.1, -0.05) is 18.2 Å². The highest BCUT2D eigenvalue weighted by molar-refractivity contribution is 7.92. The first-order valence-corrected chi connectivity index (χ1v) is 10.0. The van der Waals surface area contributed by atoms with Crippen molar-refractivity contribution in [2.75, 3.05) is 17.1 Å². The van der Waals surface area contributed by atoms with Gasteiger partial charge < -0.3 is 10.1 Å². The highest BCUT2D eigenvalue weighted by Crippen LogP contribution is 2.30. The number of para-hydroxylation sites is 2. The second-order valence-corrected chi connectivity index (χ2v) is 7.95. The molecule has 0 aliphatic rings. The topological polar surface area (TPSA) is 88.6 Å². The highest BCUT2D eigenvalue weighted by Gasteiger charge is 2.24. The Hall–Kier alpha value is -2.61. The predicted molar refractivity (Wildman–Crippen MR) is 100 cm³/mol. The first-order valence-electron chi connectivity index (χ1n) is 8.16. The second kappa shape index (κ2) is 8.66. The maximum absolute atomic E-state index is 12.3. The van der Waals surface area contributed by atoms with E-state index in [0.29, 0.717) is 11.4 Å². The number of pyridine rings is 1. The number of hydrogen-bond donors (Lipinski definition) is 1. The van der Waals surface area contributed by atoms with E-state index in [1.807, 2.05) is 19.9 Å². The van der Waals surface area contributed by atoms with E-state index >= 15 is 0 Å². The minimum atomic E-state index is -3.67. The molecular formula is C18H23N3O4S. The molecule has 0 radical (unpaired) electrons. The number of amides is 1. The molecule has 1 aromatic heterocycles. The molecule has 0 bridgehead atoms. The summed E-state index contributed by atoms with van der Waals surface area (Å²) in [6, 6.07) is 10.4. The number of nitrogens with one attached hydrogen (secondary N) is 1. The fourth-order valence-corrected chi connectivity index (χ4v) is 3.15. The van der Waals surface area contributed by atoms with Crippen LogP contribution in [0.1, 0.15) is 19.4 Å². The van der Waals surface area contributed by atoms with Gasteiger partial charge in [-0.05, 0) is 37.6 Å². The maximum atomic E-state index is 12.3. The molecule has 0 saturated heterocycles.